The maximum atomic E-state index is 12.5. The normalized spacial score (nSPS) is 18.1. The number of hydrogen-bond acceptors (Lipinski definition) is 6. The van der Waals surface area contributed by atoms with Crippen molar-refractivity contribution in [2.45, 2.75) is 30.7 Å². The lowest BCUT2D eigenvalue weighted by Crippen LogP contribution is -2.42. The van der Waals surface area contributed by atoms with Crippen LogP contribution < -0.4 is 5.73 Å². The molecule has 0 amide bonds. The number of piperidine rings is 1. The Kier molecular flexibility index (Phi) is 4.17. The van der Waals surface area contributed by atoms with Crippen molar-refractivity contribution in [2.75, 3.05) is 20.2 Å². The lowest BCUT2D eigenvalue weighted by Gasteiger charge is -2.28. The first-order valence-corrected chi connectivity index (χ1v) is 7.74. The monoisotopic (exact) mass is 302 g/mol. The van der Waals surface area contributed by atoms with Crippen LogP contribution in [-0.4, -0.2) is 44.9 Å². The third-order valence-electron chi connectivity index (χ3n) is 3.38. The fourth-order valence-electron chi connectivity index (χ4n) is 2.18. The van der Waals surface area contributed by atoms with Gasteiger partial charge in [-0.25, -0.2) is 13.2 Å². The third-order valence-corrected chi connectivity index (χ3v) is 5.38. The summed E-state index contributed by atoms with van der Waals surface area (Å²) in [6, 6.07) is 1.25. The number of furan rings is 1. The van der Waals surface area contributed by atoms with Crippen molar-refractivity contribution in [3.8, 4) is 0 Å². The van der Waals surface area contributed by atoms with Crippen molar-refractivity contribution in [1.82, 2.24) is 4.31 Å². The summed E-state index contributed by atoms with van der Waals surface area (Å²) in [7, 11) is -2.45. The molecule has 1 aliphatic rings. The standard InChI is InChI=1S/C12H18N2O5S/c1-8-11(7-10(19-8)12(15)18-2)20(16,17)14-5-3-9(13)4-6-14/h7,9H,3-6,13H2,1-2H3. The fraction of sp³-hybridized carbons (Fsp3) is 0.583. The van der Waals surface area contributed by atoms with Gasteiger partial charge in [-0.15, -0.1) is 0 Å². The van der Waals surface area contributed by atoms with Gasteiger partial charge in [0.2, 0.25) is 15.8 Å². The van der Waals surface area contributed by atoms with Crippen molar-refractivity contribution < 1.29 is 22.4 Å². The van der Waals surface area contributed by atoms with Crippen molar-refractivity contribution >= 4 is 16.0 Å². The largest absolute Gasteiger partial charge is 0.463 e. The van der Waals surface area contributed by atoms with Crippen LogP contribution >= 0.6 is 0 Å². The number of hydrogen-bond donors (Lipinski definition) is 1. The van der Waals surface area contributed by atoms with Gasteiger partial charge < -0.3 is 14.9 Å². The highest BCUT2D eigenvalue weighted by molar-refractivity contribution is 7.89. The van der Waals surface area contributed by atoms with E-state index in [1.807, 2.05) is 0 Å². The molecule has 1 aliphatic heterocycles. The van der Waals surface area contributed by atoms with Crippen LogP contribution in [0.2, 0.25) is 0 Å². The predicted molar refractivity (Wildman–Crippen MR) is 70.8 cm³/mol. The Balaban J connectivity index is 2.30. The van der Waals surface area contributed by atoms with Gasteiger partial charge in [-0.2, -0.15) is 4.31 Å². The van der Waals surface area contributed by atoms with Crippen LogP contribution in [0.25, 0.3) is 0 Å². The topological polar surface area (TPSA) is 103 Å². The highest BCUT2D eigenvalue weighted by atomic mass is 32.2. The molecule has 2 N–H and O–H groups in total. The number of rotatable bonds is 3. The highest BCUT2D eigenvalue weighted by Crippen LogP contribution is 2.26. The quantitative estimate of drug-likeness (QED) is 0.815. The lowest BCUT2D eigenvalue weighted by molar-refractivity contribution is 0.0563. The number of methoxy groups -OCH3 is 1. The summed E-state index contributed by atoms with van der Waals surface area (Å²) in [6.07, 6.45) is 1.25. The van der Waals surface area contributed by atoms with E-state index in [1.54, 1.807) is 0 Å². The molecule has 1 saturated heterocycles. The molecule has 1 fully saturated rings. The van der Waals surface area contributed by atoms with Crippen LogP contribution in [0.15, 0.2) is 15.4 Å². The molecule has 20 heavy (non-hydrogen) atoms. The Morgan fingerprint density at radius 3 is 2.60 bits per heavy atom. The summed E-state index contributed by atoms with van der Waals surface area (Å²) in [6.45, 7) is 2.26. The maximum Gasteiger partial charge on any atom is 0.373 e. The minimum Gasteiger partial charge on any atom is -0.463 e. The van der Waals surface area contributed by atoms with Crippen molar-refractivity contribution in [3.05, 3.63) is 17.6 Å². The first-order valence-electron chi connectivity index (χ1n) is 6.30. The summed E-state index contributed by atoms with van der Waals surface area (Å²) in [4.78, 5) is 11.4. The number of carbonyl (C=O) groups is 1. The Morgan fingerprint density at radius 1 is 1.45 bits per heavy atom. The SMILES string of the molecule is COC(=O)c1cc(S(=O)(=O)N2CCC(N)CC2)c(C)o1. The second-order valence-corrected chi connectivity index (χ2v) is 6.67. The average Bonchev–Trinajstić information content (AvgIpc) is 2.81. The van der Waals surface area contributed by atoms with E-state index in [4.69, 9.17) is 10.2 Å². The molecular formula is C12H18N2O5S. The van der Waals surface area contributed by atoms with E-state index in [0.717, 1.165) is 0 Å². The number of nitrogens with zero attached hydrogens (tertiary/aromatic N) is 1. The van der Waals surface area contributed by atoms with Gasteiger partial charge in [0.05, 0.1) is 7.11 Å². The Bertz CT molecular complexity index is 599. The molecule has 2 heterocycles. The Labute approximate surface area is 117 Å². The zero-order valence-electron chi connectivity index (χ0n) is 11.5. The summed E-state index contributed by atoms with van der Waals surface area (Å²) < 4.78 is 36.1. The minimum atomic E-state index is -3.66. The summed E-state index contributed by atoms with van der Waals surface area (Å²) >= 11 is 0. The molecule has 1 aromatic rings. The molecule has 2 rings (SSSR count). The van der Waals surface area contributed by atoms with Crippen LogP contribution in [0.4, 0.5) is 0 Å². The molecule has 1 aromatic heterocycles. The van der Waals surface area contributed by atoms with Crippen LogP contribution in [0.3, 0.4) is 0 Å². The van der Waals surface area contributed by atoms with E-state index in [1.165, 1.54) is 24.4 Å². The molecule has 0 saturated carbocycles. The van der Waals surface area contributed by atoms with E-state index in [0.29, 0.717) is 25.9 Å². The summed E-state index contributed by atoms with van der Waals surface area (Å²) in [5, 5.41) is 0. The van der Waals surface area contributed by atoms with Gasteiger partial charge in [-0.05, 0) is 19.8 Å². The molecule has 0 atom stereocenters. The molecule has 8 heteroatoms. The van der Waals surface area contributed by atoms with E-state index in [9.17, 15) is 13.2 Å². The molecule has 0 unspecified atom stereocenters. The van der Waals surface area contributed by atoms with Crippen molar-refractivity contribution in [2.24, 2.45) is 5.73 Å². The molecule has 0 bridgehead atoms. The van der Waals surface area contributed by atoms with E-state index in [2.05, 4.69) is 4.74 Å². The first kappa shape index (κ1) is 15.0. The Morgan fingerprint density at radius 2 is 2.05 bits per heavy atom. The fourth-order valence-corrected chi connectivity index (χ4v) is 3.81. The second kappa shape index (κ2) is 5.55. The number of carbonyl (C=O) groups excluding carboxylic acids is 1. The molecule has 112 valence electrons. The van der Waals surface area contributed by atoms with Gasteiger partial charge in [0.25, 0.3) is 0 Å². The average molecular weight is 302 g/mol. The van der Waals surface area contributed by atoms with E-state index < -0.39 is 16.0 Å². The van der Waals surface area contributed by atoms with Gasteiger partial charge in [-0.1, -0.05) is 0 Å². The molecular weight excluding hydrogens is 284 g/mol. The number of nitrogens with two attached hydrogens (primary N) is 1. The molecule has 0 spiro atoms. The van der Waals surface area contributed by atoms with Gasteiger partial charge in [0, 0.05) is 25.2 Å². The van der Waals surface area contributed by atoms with Gasteiger partial charge in [0.15, 0.2) is 0 Å². The van der Waals surface area contributed by atoms with E-state index in [-0.39, 0.29) is 22.5 Å². The first-order chi connectivity index (χ1) is 9.36. The van der Waals surface area contributed by atoms with Crippen LogP contribution in [-0.2, 0) is 14.8 Å². The lowest BCUT2D eigenvalue weighted by atomic mass is 10.1. The highest BCUT2D eigenvalue weighted by Gasteiger charge is 2.32. The van der Waals surface area contributed by atoms with Crippen LogP contribution in [0, 0.1) is 6.92 Å². The summed E-state index contributed by atoms with van der Waals surface area (Å²) in [5.41, 5.74) is 5.77. The zero-order valence-corrected chi connectivity index (χ0v) is 12.3. The number of aryl methyl sites for hydroxylation is 1. The minimum absolute atomic E-state index is 0.00775. The number of ether oxygens (including phenoxy) is 1. The van der Waals surface area contributed by atoms with E-state index >= 15 is 0 Å². The molecule has 0 radical (unpaired) electrons. The molecule has 7 nitrogen and oxygen atoms in total. The molecule has 0 aromatic carbocycles. The number of sulfonamides is 1. The van der Waals surface area contributed by atoms with Crippen molar-refractivity contribution in [1.29, 1.82) is 0 Å². The summed E-state index contributed by atoms with van der Waals surface area (Å²) in [5.74, 6) is -0.632. The van der Waals surface area contributed by atoms with Crippen LogP contribution in [0.1, 0.15) is 29.2 Å². The number of esters is 1. The Hall–Kier alpha value is -1.38. The van der Waals surface area contributed by atoms with Crippen molar-refractivity contribution in [3.63, 3.8) is 0 Å². The van der Waals surface area contributed by atoms with Gasteiger partial charge in [-0.3, -0.25) is 0 Å². The smallest absolute Gasteiger partial charge is 0.373 e. The predicted octanol–water partition coefficient (Wildman–Crippen LogP) is 0.486. The second-order valence-electron chi connectivity index (χ2n) is 4.76. The molecule has 0 aliphatic carbocycles. The zero-order chi connectivity index (χ0) is 14.9. The van der Waals surface area contributed by atoms with Crippen LogP contribution in [0.5, 0.6) is 0 Å². The third kappa shape index (κ3) is 2.72. The maximum absolute atomic E-state index is 12.5. The van der Waals surface area contributed by atoms with Gasteiger partial charge in [0.1, 0.15) is 10.7 Å². The van der Waals surface area contributed by atoms with Gasteiger partial charge >= 0.3 is 5.97 Å².